The number of hydrogen-bond acceptors (Lipinski definition) is 8. The van der Waals surface area contributed by atoms with E-state index >= 15 is 0 Å². The number of esters is 2. The van der Waals surface area contributed by atoms with Crippen molar-refractivity contribution in [3.63, 3.8) is 0 Å². The second-order valence-electron chi connectivity index (χ2n) is 9.35. The van der Waals surface area contributed by atoms with Gasteiger partial charge in [0.1, 0.15) is 29.8 Å². The van der Waals surface area contributed by atoms with Crippen molar-refractivity contribution in [2.24, 2.45) is 11.3 Å². The molecule has 31 heavy (non-hydrogen) atoms. The lowest BCUT2D eigenvalue weighted by molar-refractivity contribution is -0.149. The van der Waals surface area contributed by atoms with Crippen LogP contribution in [-0.4, -0.2) is 47.4 Å². The van der Waals surface area contributed by atoms with Gasteiger partial charge in [0, 0.05) is 55.3 Å². The first-order chi connectivity index (χ1) is 14.6. The fraction of sp³-hybridized carbons (Fsp3) is 0.565. The maximum Gasteiger partial charge on any atom is 0.342 e. The number of ketones is 2. The minimum atomic E-state index is -1.02. The Hall–Kier alpha value is -2.74. The van der Waals surface area contributed by atoms with E-state index in [4.69, 9.17) is 13.9 Å². The summed E-state index contributed by atoms with van der Waals surface area (Å²) in [5.41, 5.74) is -0.242. The Balaban J connectivity index is 1.82. The zero-order chi connectivity index (χ0) is 22.3. The van der Waals surface area contributed by atoms with Gasteiger partial charge in [-0.25, -0.2) is 4.79 Å². The summed E-state index contributed by atoms with van der Waals surface area (Å²) in [6.45, 7) is 4.73. The van der Waals surface area contributed by atoms with E-state index in [0.29, 0.717) is 29.6 Å². The highest BCUT2D eigenvalue weighted by Crippen LogP contribution is 2.61. The lowest BCUT2D eigenvalue weighted by Crippen LogP contribution is -2.56. The Morgan fingerprint density at radius 3 is 2.71 bits per heavy atom. The van der Waals surface area contributed by atoms with Crippen LogP contribution in [0.1, 0.15) is 72.9 Å². The predicted octanol–water partition coefficient (Wildman–Crippen LogP) is 2.27. The summed E-state index contributed by atoms with van der Waals surface area (Å²) in [6.07, 6.45) is 0.919. The van der Waals surface area contributed by atoms with Crippen molar-refractivity contribution in [2.45, 2.75) is 64.1 Å². The number of cyclic esters (lactones) is 1. The van der Waals surface area contributed by atoms with Gasteiger partial charge >= 0.3 is 11.9 Å². The van der Waals surface area contributed by atoms with E-state index in [1.165, 1.54) is 13.2 Å². The van der Waals surface area contributed by atoms with Gasteiger partial charge in [0.05, 0.1) is 5.41 Å². The number of aliphatic hydroxyl groups excluding tert-OH is 1. The SMILES string of the molecule is CC(=O)O[C@@H]1C[C@]2(C)C(=O)CCC2C2=C1[C@]1(C)c3c(coc3C2=O)C(=O)O[C@@H]1CCO. The second kappa shape index (κ2) is 6.38. The maximum absolute atomic E-state index is 13.7. The van der Waals surface area contributed by atoms with E-state index in [1.54, 1.807) is 0 Å². The van der Waals surface area contributed by atoms with Gasteiger partial charge in [-0.05, 0) is 18.9 Å². The Morgan fingerprint density at radius 1 is 1.29 bits per heavy atom. The maximum atomic E-state index is 13.7. The van der Waals surface area contributed by atoms with Crippen molar-refractivity contribution < 1.29 is 38.2 Å². The summed E-state index contributed by atoms with van der Waals surface area (Å²) in [4.78, 5) is 51.1. The average Bonchev–Trinajstić information content (AvgIpc) is 3.27. The molecule has 1 aliphatic heterocycles. The quantitative estimate of drug-likeness (QED) is 0.728. The van der Waals surface area contributed by atoms with E-state index in [9.17, 15) is 24.3 Å². The molecule has 2 heterocycles. The molecule has 0 aromatic carbocycles. The van der Waals surface area contributed by atoms with Crippen molar-refractivity contribution in [2.75, 3.05) is 6.61 Å². The third-order valence-corrected chi connectivity index (χ3v) is 7.77. The van der Waals surface area contributed by atoms with Crippen LogP contribution >= 0.6 is 0 Å². The van der Waals surface area contributed by atoms with Crippen molar-refractivity contribution in [1.82, 2.24) is 0 Å². The zero-order valence-electron chi connectivity index (χ0n) is 17.6. The van der Waals surface area contributed by atoms with Gasteiger partial charge in [-0.2, -0.15) is 0 Å². The third-order valence-electron chi connectivity index (χ3n) is 7.77. The van der Waals surface area contributed by atoms with Crippen molar-refractivity contribution in [1.29, 1.82) is 0 Å². The molecule has 5 atom stereocenters. The number of allylic oxidation sites excluding steroid dienone is 1. The van der Waals surface area contributed by atoms with Crippen LogP contribution in [0.25, 0.3) is 0 Å². The van der Waals surface area contributed by atoms with Gasteiger partial charge in [-0.1, -0.05) is 6.92 Å². The molecule has 0 radical (unpaired) electrons. The molecular formula is C23H24O8. The van der Waals surface area contributed by atoms with Crippen molar-refractivity contribution >= 4 is 23.5 Å². The van der Waals surface area contributed by atoms with E-state index in [0.717, 1.165) is 0 Å². The number of fused-ring (bicyclic) bond motifs is 3. The number of Topliss-reactive ketones (excluding diaryl/α,β-unsaturated/α-hetero) is 2. The number of aliphatic hydroxyl groups is 1. The molecule has 5 rings (SSSR count). The molecule has 0 bridgehead atoms. The predicted molar refractivity (Wildman–Crippen MR) is 104 cm³/mol. The fourth-order valence-corrected chi connectivity index (χ4v) is 6.39. The first-order valence-corrected chi connectivity index (χ1v) is 10.6. The van der Waals surface area contributed by atoms with Crippen LogP contribution in [0.3, 0.4) is 0 Å². The van der Waals surface area contributed by atoms with Crippen LogP contribution < -0.4 is 0 Å². The summed E-state index contributed by atoms with van der Waals surface area (Å²) < 4.78 is 17.0. The minimum Gasteiger partial charge on any atom is -0.460 e. The molecule has 1 N–H and O–H groups in total. The van der Waals surface area contributed by atoms with Crippen LogP contribution in [-0.2, 0) is 24.5 Å². The van der Waals surface area contributed by atoms with Gasteiger partial charge in [-0.3, -0.25) is 14.4 Å². The molecule has 0 saturated heterocycles. The highest BCUT2D eigenvalue weighted by atomic mass is 16.6. The number of furan rings is 1. The molecule has 1 fully saturated rings. The summed E-state index contributed by atoms with van der Waals surface area (Å²) >= 11 is 0. The third kappa shape index (κ3) is 2.39. The van der Waals surface area contributed by atoms with Crippen molar-refractivity contribution in [3.8, 4) is 0 Å². The van der Waals surface area contributed by atoms with Crippen molar-refractivity contribution in [3.05, 3.63) is 34.3 Å². The monoisotopic (exact) mass is 428 g/mol. The van der Waals surface area contributed by atoms with Gasteiger partial charge in [0.25, 0.3) is 0 Å². The summed E-state index contributed by atoms with van der Waals surface area (Å²) in [7, 11) is 0. The van der Waals surface area contributed by atoms with E-state index in [1.807, 2.05) is 13.8 Å². The smallest absolute Gasteiger partial charge is 0.342 e. The molecule has 8 heteroatoms. The molecule has 8 nitrogen and oxygen atoms in total. The molecule has 1 saturated carbocycles. The van der Waals surface area contributed by atoms with Crippen LogP contribution in [0.15, 0.2) is 21.8 Å². The average molecular weight is 428 g/mol. The van der Waals surface area contributed by atoms with E-state index in [2.05, 4.69) is 0 Å². The molecule has 0 amide bonds. The summed E-state index contributed by atoms with van der Waals surface area (Å²) in [5, 5.41) is 9.68. The number of carbonyl (C=O) groups excluding carboxylic acids is 4. The Kier molecular flexibility index (Phi) is 4.16. The standard InChI is InChI=1S/C23H24O8/c1-10(25)30-13-8-22(2)12(4-5-14(22)26)16-18(13)23(3)15(6-7-24)31-21(28)11-9-29-20(17(11)23)19(16)27/h9,12-13,15,24H,4-8H2,1-3H3/t12?,13-,15-,22+,23+/m1/s1. The first kappa shape index (κ1) is 20.2. The molecule has 164 valence electrons. The molecule has 3 aliphatic carbocycles. The molecular weight excluding hydrogens is 404 g/mol. The zero-order valence-corrected chi connectivity index (χ0v) is 17.6. The lowest BCUT2D eigenvalue weighted by Gasteiger charge is -2.51. The lowest BCUT2D eigenvalue weighted by atomic mass is 9.54. The topological polar surface area (TPSA) is 120 Å². The summed E-state index contributed by atoms with van der Waals surface area (Å²) in [6, 6.07) is 0. The van der Waals surface area contributed by atoms with E-state index < -0.39 is 35.0 Å². The number of rotatable bonds is 3. The Labute approximate surface area is 178 Å². The van der Waals surface area contributed by atoms with E-state index in [-0.39, 0.29) is 48.3 Å². The van der Waals surface area contributed by atoms with Gasteiger partial charge in [-0.15, -0.1) is 0 Å². The van der Waals surface area contributed by atoms with Crippen LogP contribution in [0, 0.1) is 11.3 Å². The highest BCUT2D eigenvalue weighted by Gasteiger charge is 2.64. The largest absolute Gasteiger partial charge is 0.460 e. The number of hydrogen-bond donors (Lipinski definition) is 1. The van der Waals surface area contributed by atoms with Gasteiger partial charge in [0.15, 0.2) is 5.76 Å². The molecule has 1 aromatic rings. The molecule has 1 unspecified atom stereocenters. The van der Waals surface area contributed by atoms with Gasteiger partial charge in [0.2, 0.25) is 5.78 Å². The number of ether oxygens (including phenoxy) is 2. The number of carbonyl (C=O) groups is 4. The summed E-state index contributed by atoms with van der Waals surface area (Å²) in [5.74, 6) is -1.72. The fourth-order valence-electron chi connectivity index (χ4n) is 6.39. The normalized spacial score (nSPS) is 36.0. The van der Waals surface area contributed by atoms with Crippen LogP contribution in [0.2, 0.25) is 0 Å². The van der Waals surface area contributed by atoms with Crippen LogP contribution in [0.4, 0.5) is 0 Å². The first-order valence-electron chi connectivity index (χ1n) is 10.6. The Morgan fingerprint density at radius 2 is 2.03 bits per heavy atom. The molecule has 4 aliphatic rings. The van der Waals surface area contributed by atoms with Crippen LogP contribution in [0.5, 0.6) is 0 Å². The Bertz CT molecular complexity index is 1080. The molecule has 0 spiro atoms. The molecule has 1 aromatic heterocycles. The van der Waals surface area contributed by atoms with Gasteiger partial charge < -0.3 is 19.0 Å². The highest BCUT2D eigenvalue weighted by molar-refractivity contribution is 6.14. The minimum absolute atomic E-state index is 0.0482. The second-order valence-corrected chi connectivity index (χ2v) is 9.35.